The molecule has 0 atom stereocenters. The minimum absolute atomic E-state index is 0.103. The lowest BCUT2D eigenvalue weighted by atomic mass is 10.2. The van der Waals surface area contributed by atoms with E-state index in [1.54, 1.807) is 24.3 Å². The van der Waals surface area contributed by atoms with Crippen LogP contribution in [0, 0.1) is 0 Å². The molecule has 0 aliphatic rings. The fourth-order valence-electron chi connectivity index (χ4n) is 1.39. The van der Waals surface area contributed by atoms with Gasteiger partial charge in [0.2, 0.25) is 5.91 Å². The Morgan fingerprint density at radius 1 is 1.38 bits per heavy atom. The molecule has 0 radical (unpaired) electrons. The number of carboxylic acids is 1. The van der Waals surface area contributed by atoms with Crippen molar-refractivity contribution in [1.82, 2.24) is 0 Å². The lowest BCUT2D eigenvalue weighted by molar-refractivity contribution is -0.136. The van der Waals surface area contributed by atoms with E-state index in [4.69, 9.17) is 10.8 Å². The summed E-state index contributed by atoms with van der Waals surface area (Å²) in [6, 6.07) is 6.88. The van der Waals surface area contributed by atoms with Gasteiger partial charge < -0.3 is 15.7 Å². The van der Waals surface area contributed by atoms with Crippen LogP contribution in [-0.2, 0) is 9.59 Å². The van der Waals surface area contributed by atoms with Gasteiger partial charge in [0.05, 0.1) is 17.8 Å². The number of carbonyl (C=O) groups excluding carboxylic acids is 1. The summed E-state index contributed by atoms with van der Waals surface area (Å²) in [4.78, 5) is 23.2. The lowest BCUT2D eigenvalue weighted by Gasteiger charge is -2.21. The molecule has 0 saturated carbocycles. The van der Waals surface area contributed by atoms with Crippen LogP contribution in [0.4, 0.5) is 11.4 Å². The van der Waals surface area contributed by atoms with E-state index in [0.717, 1.165) is 0 Å². The molecule has 1 aromatic carbocycles. The number of amides is 1. The zero-order valence-corrected chi connectivity index (χ0v) is 9.01. The first-order valence-corrected chi connectivity index (χ1v) is 4.86. The van der Waals surface area contributed by atoms with Crippen LogP contribution in [0.3, 0.4) is 0 Å². The Morgan fingerprint density at radius 3 is 2.50 bits per heavy atom. The fraction of sp³-hybridized carbons (Fsp3) is 0.273. The molecule has 0 aromatic heterocycles. The van der Waals surface area contributed by atoms with Crippen LogP contribution in [0.5, 0.6) is 0 Å². The first-order valence-electron chi connectivity index (χ1n) is 4.86. The summed E-state index contributed by atoms with van der Waals surface area (Å²) in [5.74, 6) is -1.17. The van der Waals surface area contributed by atoms with E-state index in [1.165, 1.54) is 11.8 Å². The smallest absolute Gasteiger partial charge is 0.305 e. The molecule has 0 fully saturated rings. The highest BCUT2D eigenvalue weighted by Gasteiger charge is 2.14. The van der Waals surface area contributed by atoms with Gasteiger partial charge in [0.15, 0.2) is 0 Å². The van der Waals surface area contributed by atoms with Gasteiger partial charge in [-0.25, -0.2) is 0 Å². The highest BCUT2D eigenvalue weighted by atomic mass is 16.4. The number of anilines is 2. The number of carbonyl (C=O) groups is 2. The normalized spacial score (nSPS) is 9.81. The zero-order valence-electron chi connectivity index (χ0n) is 9.01. The van der Waals surface area contributed by atoms with Crippen LogP contribution >= 0.6 is 0 Å². The molecule has 1 rings (SSSR count). The number of nitrogens with zero attached hydrogens (tertiary/aromatic N) is 1. The molecule has 3 N–H and O–H groups in total. The van der Waals surface area contributed by atoms with E-state index in [9.17, 15) is 9.59 Å². The third-order valence-electron chi connectivity index (χ3n) is 2.16. The minimum Gasteiger partial charge on any atom is -0.481 e. The molecule has 0 aliphatic heterocycles. The topological polar surface area (TPSA) is 83.6 Å². The van der Waals surface area contributed by atoms with Gasteiger partial charge in [-0.2, -0.15) is 0 Å². The Bertz CT molecular complexity index is 404. The molecule has 0 saturated heterocycles. The van der Waals surface area contributed by atoms with Crippen molar-refractivity contribution < 1.29 is 14.7 Å². The average Bonchev–Trinajstić information content (AvgIpc) is 2.20. The number of nitrogen functional groups attached to an aromatic ring is 1. The molecule has 0 unspecified atom stereocenters. The molecule has 1 aromatic rings. The van der Waals surface area contributed by atoms with E-state index in [-0.39, 0.29) is 18.9 Å². The Hall–Kier alpha value is -2.04. The number of hydrogen-bond donors (Lipinski definition) is 2. The van der Waals surface area contributed by atoms with Crippen LogP contribution in [0.1, 0.15) is 13.3 Å². The van der Waals surface area contributed by atoms with Crippen molar-refractivity contribution in [2.75, 3.05) is 17.2 Å². The van der Waals surface area contributed by atoms with Crippen molar-refractivity contribution in [2.24, 2.45) is 0 Å². The molecule has 5 nitrogen and oxygen atoms in total. The van der Waals surface area contributed by atoms with Crippen molar-refractivity contribution in [3.63, 3.8) is 0 Å². The second-order valence-corrected chi connectivity index (χ2v) is 3.37. The second kappa shape index (κ2) is 5.16. The Morgan fingerprint density at radius 2 is 2.00 bits per heavy atom. The van der Waals surface area contributed by atoms with E-state index in [1.807, 2.05) is 0 Å². The van der Waals surface area contributed by atoms with Crippen molar-refractivity contribution >= 4 is 23.3 Å². The van der Waals surface area contributed by atoms with Crippen LogP contribution in [0.2, 0.25) is 0 Å². The highest BCUT2D eigenvalue weighted by Crippen LogP contribution is 2.22. The summed E-state index contributed by atoms with van der Waals surface area (Å²) in [6.07, 6.45) is -0.103. The maximum atomic E-state index is 11.4. The van der Waals surface area contributed by atoms with Crippen LogP contribution < -0.4 is 10.6 Å². The molecule has 0 spiro atoms. The molecular weight excluding hydrogens is 208 g/mol. The van der Waals surface area contributed by atoms with Crippen LogP contribution in [0.25, 0.3) is 0 Å². The monoisotopic (exact) mass is 222 g/mol. The predicted molar refractivity (Wildman–Crippen MR) is 61.1 cm³/mol. The van der Waals surface area contributed by atoms with Crippen molar-refractivity contribution in [2.45, 2.75) is 13.3 Å². The van der Waals surface area contributed by atoms with Gasteiger partial charge in [-0.3, -0.25) is 9.59 Å². The maximum absolute atomic E-state index is 11.4. The summed E-state index contributed by atoms with van der Waals surface area (Å²) in [6.45, 7) is 1.51. The molecule has 1 amide bonds. The largest absolute Gasteiger partial charge is 0.481 e. The van der Waals surface area contributed by atoms with E-state index >= 15 is 0 Å². The molecule has 16 heavy (non-hydrogen) atoms. The van der Waals surface area contributed by atoms with Crippen molar-refractivity contribution in [3.8, 4) is 0 Å². The van der Waals surface area contributed by atoms with Gasteiger partial charge in [-0.1, -0.05) is 12.1 Å². The van der Waals surface area contributed by atoms with Gasteiger partial charge in [0.25, 0.3) is 0 Å². The van der Waals surface area contributed by atoms with Crippen LogP contribution in [0.15, 0.2) is 24.3 Å². The third-order valence-corrected chi connectivity index (χ3v) is 2.16. The number of para-hydroxylation sites is 2. The van der Waals surface area contributed by atoms with Gasteiger partial charge in [0, 0.05) is 13.5 Å². The predicted octanol–water partition coefficient (Wildman–Crippen LogP) is 1.10. The van der Waals surface area contributed by atoms with E-state index < -0.39 is 5.97 Å². The molecule has 5 heteroatoms. The first-order chi connectivity index (χ1) is 7.52. The summed E-state index contributed by atoms with van der Waals surface area (Å²) in [5, 5.41) is 8.59. The molecule has 0 bridgehead atoms. The summed E-state index contributed by atoms with van der Waals surface area (Å²) < 4.78 is 0. The first kappa shape index (κ1) is 12.0. The maximum Gasteiger partial charge on any atom is 0.305 e. The number of carboxylic acid groups (broad SMARTS) is 1. The Labute approximate surface area is 93.5 Å². The number of nitrogens with two attached hydrogens (primary N) is 1. The third kappa shape index (κ3) is 2.98. The summed E-state index contributed by atoms with van der Waals surface area (Å²) in [5.41, 5.74) is 6.74. The summed E-state index contributed by atoms with van der Waals surface area (Å²) >= 11 is 0. The Kier molecular flexibility index (Phi) is 3.88. The molecule has 0 heterocycles. The molecule has 86 valence electrons. The van der Waals surface area contributed by atoms with Gasteiger partial charge in [-0.05, 0) is 12.1 Å². The van der Waals surface area contributed by atoms with Crippen molar-refractivity contribution in [3.05, 3.63) is 24.3 Å². The quantitative estimate of drug-likeness (QED) is 0.747. The number of benzene rings is 1. The minimum atomic E-state index is -0.944. The van der Waals surface area contributed by atoms with Crippen LogP contribution in [-0.4, -0.2) is 23.5 Å². The zero-order chi connectivity index (χ0) is 12.1. The van der Waals surface area contributed by atoms with E-state index in [2.05, 4.69) is 0 Å². The average molecular weight is 222 g/mol. The lowest BCUT2D eigenvalue weighted by Crippen LogP contribution is -2.31. The SMILES string of the molecule is CC(=O)N(CCC(=O)O)c1ccccc1N. The van der Waals surface area contributed by atoms with Crippen molar-refractivity contribution in [1.29, 1.82) is 0 Å². The molecular formula is C11H14N2O3. The summed E-state index contributed by atoms with van der Waals surface area (Å²) in [7, 11) is 0. The molecule has 0 aliphatic carbocycles. The van der Waals surface area contributed by atoms with Gasteiger partial charge in [0.1, 0.15) is 0 Å². The highest BCUT2D eigenvalue weighted by molar-refractivity contribution is 5.95. The second-order valence-electron chi connectivity index (χ2n) is 3.37. The van der Waals surface area contributed by atoms with Gasteiger partial charge in [-0.15, -0.1) is 0 Å². The number of rotatable bonds is 4. The number of aliphatic carboxylic acids is 1. The van der Waals surface area contributed by atoms with E-state index in [0.29, 0.717) is 11.4 Å². The van der Waals surface area contributed by atoms with Gasteiger partial charge >= 0.3 is 5.97 Å². The Balaban J connectivity index is 2.90. The standard InChI is InChI=1S/C11H14N2O3/c1-8(14)13(7-6-11(15)16)10-5-3-2-4-9(10)12/h2-5H,6-7,12H2,1H3,(H,15,16). The number of hydrogen-bond acceptors (Lipinski definition) is 3. The fourth-order valence-corrected chi connectivity index (χ4v) is 1.39.